The van der Waals surface area contributed by atoms with Gasteiger partial charge in [0.25, 0.3) is 0 Å². The SMILES string of the molecule is CC1(C)c2ccccc2-c2ccc(N(c3ccnc(-c4ccc5c(c4)-c4ccccc4C54C5CC6CC(C5)CC4C6)c3)c3cccc4c3-c3ccccc3C4(C)C)cc21. The van der Waals surface area contributed by atoms with E-state index >= 15 is 0 Å². The first kappa shape index (κ1) is 34.2. The van der Waals surface area contributed by atoms with Crippen LogP contribution in [0.2, 0.25) is 0 Å². The summed E-state index contributed by atoms with van der Waals surface area (Å²) in [5.74, 6) is 3.39. The second-order valence-electron chi connectivity index (χ2n) is 20.0. The molecular formula is C57H50N2. The second kappa shape index (κ2) is 11.7. The lowest BCUT2D eigenvalue weighted by molar-refractivity contribution is -0.0399. The third-order valence-corrected chi connectivity index (χ3v) is 16.5. The highest BCUT2D eigenvalue weighted by molar-refractivity contribution is 5.96. The molecule has 6 aromatic carbocycles. The Labute approximate surface area is 349 Å². The van der Waals surface area contributed by atoms with Crippen molar-refractivity contribution in [3.63, 3.8) is 0 Å². The van der Waals surface area contributed by atoms with Gasteiger partial charge in [0.1, 0.15) is 0 Å². The first-order chi connectivity index (χ1) is 28.7. The van der Waals surface area contributed by atoms with Gasteiger partial charge in [-0.25, -0.2) is 0 Å². The van der Waals surface area contributed by atoms with Gasteiger partial charge in [0.2, 0.25) is 0 Å². The largest absolute Gasteiger partial charge is 0.310 e. The lowest BCUT2D eigenvalue weighted by Gasteiger charge is -2.61. The van der Waals surface area contributed by atoms with Crippen LogP contribution in [-0.2, 0) is 16.2 Å². The zero-order valence-corrected chi connectivity index (χ0v) is 34.6. The molecule has 0 N–H and O–H groups in total. The number of fused-ring (bicyclic) bond motifs is 9. The number of hydrogen-bond donors (Lipinski definition) is 0. The van der Waals surface area contributed by atoms with E-state index < -0.39 is 0 Å². The fourth-order valence-electron chi connectivity index (χ4n) is 14.2. The van der Waals surface area contributed by atoms with Crippen molar-refractivity contribution in [3.05, 3.63) is 179 Å². The minimum atomic E-state index is -0.112. The Morgan fingerprint density at radius 2 is 1.03 bits per heavy atom. The van der Waals surface area contributed by atoms with Crippen LogP contribution in [0.15, 0.2) is 146 Å². The number of anilines is 3. The molecule has 2 heteroatoms. The normalized spacial score (nSPS) is 24.9. The van der Waals surface area contributed by atoms with Gasteiger partial charge in [-0.15, -0.1) is 0 Å². The molecule has 59 heavy (non-hydrogen) atoms. The van der Waals surface area contributed by atoms with Gasteiger partial charge in [-0.2, -0.15) is 0 Å². The number of pyridine rings is 1. The Bertz CT molecular complexity index is 2900. The minimum Gasteiger partial charge on any atom is -0.310 e. The van der Waals surface area contributed by atoms with Crippen molar-refractivity contribution in [2.45, 2.75) is 76.0 Å². The van der Waals surface area contributed by atoms with Crippen molar-refractivity contribution >= 4 is 17.1 Å². The van der Waals surface area contributed by atoms with E-state index in [-0.39, 0.29) is 16.2 Å². The van der Waals surface area contributed by atoms with Crippen molar-refractivity contribution in [1.29, 1.82) is 0 Å². The molecule has 4 bridgehead atoms. The lowest BCUT2D eigenvalue weighted by Crippen LogP contribution is -2.55. The molecule has 1 aromatic heterocycles. The first-order valence-electron chi connectivity index (χ1n) is 22.2. The standard InChI is InChI=1S/C57H50N2/c1-55(2)47-16-9-7-14-44(47)54-50(55)18-11-19-53(54)59(39-21-22-43-41-12-5-8-15-46(41)56(3,4)51(43)32-39)40-24-25-58-52(33-40)36-20-23-49-45(31-36)42-13-6-10-17-48(42)57(49)37-27-34-26-35(29-37)30-38(57)28-34/h5-25,31-35,37-38H,26-30H2,1-4H3. The number of benzene rings is 6. The molecule has 0 radical (unpaired) electrons. The summed E-state index contributed by atoms with van der Waals surface area (Å²) in [5, 5.41) is 0. The number of aromatic nitrogens is 1. The van der Waals surface area contributed by atoms with Crippen LogP contribution in [0.25, 0.3) is 44.6 Å². The second-order valence-corrected chi connectivity index (χ2v) is 20.0. The van der Waals surface area contributed by atoms with E-state index in [1.807, 2.05) is 6.20 Å². The predicted molar refractivity (Wildman–Crippen MR) is 243 cm³/mol. The fraction of sp³-hybridized carbons (Fsp3) is 0.281. The van der Waals surface area contributed by atoms with Crippen molar-refractivity contribution in [1.82, 2.24) is 4.98 Å². The third-order valence-electron chi connectivity index (χ3n) is 16.5. The summed E-state index contributed by atoms with van der Waals surface area (Å²) in [5.41, 5.74) is 22.6. The first-order valence-corrected chi connectivity index (χ1v) is 22.2. The Morgan fingerprint density at radius 3 is 1.78 bits per heavy atom. The van der Waals surface area contributed by atoms with E-state index in [9.17, 15) is 0 Å². The summed E-state index contributed by atoms with van der Waals surface area (Å²) in [7, 11) is 0. The van der Waals surface area contributed by atoms with Gasteiger partial charge in [0, 0.05) is 44.9 Å². The molecule has 1 spiro atoms. The molecule has 4 fully saturated rings. The number of nitrogens with zero attached hydrogens (tertiary/aromatic N) is 2. The summed E-state index contributed by atoms with van der Waals surface area (Å²) in [6.07, 6.45) is 9.11. The molecule has 0 atom stereocenters. The van der Waals surface area contributed by atoms with Crippen LogP contribution in [-0.4, -0.2) is 4.98 Å². The Morgan fingerprint density at radius 1 is 0.458 bits per heavy atom. The smallest absolute Gasteiger partial charge is 0.0723 e. The highest BCUT2D eigenvalue weighted by Gasteiger charge is 2.61. The molecule has 7 aliphatic carbocycles. The van der Waals surface area contributed by atoms with Gasteiger partial charge in [0.05, 0.1) is 11.4 Å². The summed E-state index contributed by atoms with van der Waals surface area (Å²) in [4.78, 5) is 7.67. The van der Waals surface area contributed by atoms with Crippen molar-refractivity contribution in [2.24, 2.45) is 23.7 Å². The Balaban J connectivity index is 0.988. The molecule has 7 aromatic rings. The van der Waals surface area contributed by atoms with E-state index in [0.717, 1.165) is 35.1 Å². The van der Waals surface area contributed by atoms with Crippen LogP contribution in [0.4, 0.5) is 17.1 Å². The molecule has 0 amide bonds. The fourth-order valence-corrected chi connectivity index (χ4v) is 14.2. The molecule has 0 aliphatic heterocycles. The van der Waals surface area contributed by atoms with Gasteiger partial charge in [-0.05, 0) is 153 Å². The third kappa shape index (κ3) is 4.40. The van der Waals surface area contributed by atoms with Crippen LogP contribution < -0.4 is 4.90 Å². The van der Waals surface area contributed by atoms with Crippen LogP contribution in [0.1, 0.15) is 93.2 Å². The maximum atomic E-state index is 5.15. The zero-order chi connectivity index (χ0) is 39.4. The maximum Gasteiger partial charge on any atom is 0.0723 e. The Kier molecular flexibility index (Phi) is 6.79. The molecule has 7 aliphatic rings. The summed E-state index contributed by atoms with van der Waals surface area (Å²) in [6, 6.07) is 53.6. The van der Waals surface area contributed by atoms with Gasteiger partial charge >= 0.3 is 0 Å². The maximum absolute atomic E-state index is 5.15. The molecule has 288 valence electrons. The molecular weight excluding hydrogens is 713 g/mol. The van der Waals surface area contributed by atoms with Crippen LogP contribution in [0, 0.1) is 23.7 Å². The van der Waals surface area contributed by atoms with Crippen LogP contribution in [0.5, 0.6) is 0 Å². The molecule has 4 saturated carbocycles. The monoisotopic (exact) mass is 762 g/mol. The molecule has 1 heterocycles. The average molecular weight is 763 g/mol. The van der Waals surface area contributed by atoms with Crippen molar-refractivity contribution in [2.75, 3.05) is 4.90 Å². The molecule has 14 rings (SSSR count). The van der Waals surface area contributed by atoms with E-state index in [1.54, 1.807) is 11.1 Å². The van der Waals surface area contributed by atoms with E-state index in [2.05, 4.69) is 172 Å². The van der Waals surface area contributed by atoms with E-state index in [1.165, 1.54) is 105 Å². The highest BCUT2D eigenvalue weighted by Crippen LogP contribution is 2.69. The average Bonchev–Trinajstić information content (AvgIpc) is 3.78. The highest BCUT2D eigenvalue weighted by atomic mass is 15.1. The Hall–Kier alpha value is -5.73. The zero-order valence-electron chi connectivity index (χ0n) is 34.6. The van der Waals surface area contributed by atoms with Crippen LogP contribution >= 0.6 is 0 Å². The summed E-state index contributed by atoms with van der Waals surface area (Å²) in [6.45, 7) is 9.53. The topological polar surface area (TPSA) is 16.1 Å². The van der Waals surface area contributed by atoms with Crippen molar-refractivity contribution < 1.29 is 0 Å². The lowest BCUT2D eigenvalue weighted by atomic mass is 9.43. The molecule has 0 unspecified atom stereocenters. The quantitative estimate of drug-likeness (QED) is 0.178. The molecule has 0 saturated heterocycles. The van der Waals surface area contributed by atoms with Crippen molar-refractivity contribution in [3.8, 4) is 44.6 Å². The molecule has 2 nitrogen and oxygen atoms in total. The van der Waals surface area contributed by atoms with E-state index in [0.29, 0.717) is 0 Å². The van der Waals surface area contributed by atoms with Gasteiger partial charge < -0.3 is 4.90 Å². The summed E-state index contributed by atoms with van der Waals surface area (Å²) < 4.78 is 0. The minimum absolute atomic E-state index is 0.103. The van der Waals surface area contributed by atoms with Gasteiger partial charge in [-0.1, -0.05) is 131 Å². The number of hydrogen-bond acceptors (Lipinski definition) is 2. The number of rotatable bonds is 4. The predicted octanol–water partition coefficient (Wildman–Crippen LogP) is 14.6. The van der Waals surface area contributed by atoms with Gasteiger partial charge in [0.15, 0.2) is 0 Å². The summed E-state index contributed by atoms with van der Waals surface area (Å²) >= 11 is 0. The van der Waals surface area contributed by atoms with E-state index in [4.69, 9.17) is 4.98 Å². The van der Waals surface area contributed by atoms with Gasteiger partial charge in [-0.3, -0.25) is 4.98 Å². The van der Waals surface area contributed by atoms with Crippen LogP contribution in [0.3, 0.4) is 0 Å².